The van der Waals surface area contributed by atoms with E-state index in [2.05, 4.69) is 20.1 Å². The zero-order chi connectivity index (χ0) is 18.4. The number of hydrogen-bond acceptors (Lipinski definition) is 4. The Kier molecular flexibility index (Phi) is 6.41. The number of rotatable bonds is 6. The van der Waals surface area contributed by atoms with Crippen LogP contribution in [-0.4, -0.2) is 48.5 Å². The molecule has 2 aromatic rings. The van der Waals surface area contributed by atoms with E-state index in [1.165, 1.54) is 6.07 Å². The fourth-order valence-electron chi connectivity index (χ4n) is 2.94. The van der Waals surface area contributed by atoms with Crippen molar-refractivity contribution in [2.24, 2.45) is 0 Å². The van der Waals surface area contributed by atoms with Crippen molar-refractivity contribution in [1.82, 2.24) is 15.2 Å². The molecule has 0 aliphatic carbocycles. The van der Waals surface area contributed by atoms with Gasteiger partial charge in [0.05, 0.1) is 5.02 Å². The quantitative estimate of drug-likeness (QED) is 0.842. The first kappa shape index (κ1) is 18.6. The summed E-state index contributed by atoms with van der Waals surface area (Å²) < 4.78 is 13.5. The molecule has 0 atom stereocenters. The van der Waals surface area contributed by atoms with Crippen molar-refractivity contribution in [3.63, 3.8) is 0 Å². The van der Waals surface area contributed by atoms with Crippen molar-refractivity contribution in [2.75, 3.05) is 37.6 Å². The predicted octanol–water partition coefficient (Wildman–Crippen LogP) is 2.70. The van der Waals surface area contributed by atoms with Crippen LogP contribution in [0, 0.1) is 5.82 Å². The molecule has 1 aliphatic heterocycles. The number of pyridine rings is 1. The maximum absolute atomic E-state index is 13.5. The van der Waals surface area contributed by atoms with E-state index in [9.17, 15) is 9.18 Å². The molecule has 7 heteroatoms. The molecule has 3 rings (SSSR count). The van der Waals surface area contributed by atoms with Crippen LogP contribution in [0.25, 0.3) is 0 Å². The monoisotopic (exact) mass is 376 g/mol. The summed E-state index contributed by atoms with van der Waals surface area (Å²) in [5.41, 5.74) is 0.505. The average molecular weight is 377 g/mol. The molecule has 5 nitrogen and oxygen atoms in total. The number of piperazine rings is 1. The van der Waals surface area contributed by atoms with Crippen molar-refractivity contribution >= 4 is 23.3 Å². The van der Waals surface area contributed by atoms with Crippen LogP contribution in [0.4, 0.5) is 10.2 Å². The number of aromatic nitrogens is 1. The topological polar surface area (TPSA) is 48.5 Å². The Labute approximate surface area is 157 Å². The first-order valence-corrected chi connectivity index (χ1v) is 9.08. The molecule has 2 heterocycles. The second-order valence-corrected chi connectivity index (χ2v) is 6.72. The molecule has 1 aromatic carbocycles. The summed E-state index contributed by atoms with van der Waals surface area (Å²) in [6.07, 6.45) is 2.07. The molecule has 1 aliphatic rings. The van der Waals surface area contributed by atoms with Crippen LogP contribution in [0.2, 0.25) is 5.02 Å². The minimum Gasteiger partial charge on any atom is -0.354 e. The lowest BCUT2D eigenvalue weighted by molar-refractivity contribution is -0.121. The number of carbonyl (C=O) groups is 1. The van der Waals surface area contributed by atoms with Gasteiger partial charge in [-0.1, -0.05) is 29.8 Å². The van der Waals surface area contributed by atoms with Crippen molar-refractivity contribution in [2.45, 2.75) is 13.0 Å². The molecular formula is C19H22ClFN4O. The minimum absolute atomic E-state index is 0.0601. The fourth-order valence-corrected chi connectivity index (χ4v) is 3.05. The van der Waals surface area contributed by atoms with Crippen LogP contribution in [0.5, 0.6) is 0 Å². The largest absolute Gasteiger partial charge is 0.354 e. The highest BCUT2D eigenvalue weighted by molar-refractivity contribution is 6.30. The third-order valence-electron chi connectivity index (χ3n) is 4.50. The molecule has 0 unspecified atom stereocenters. The van der Waals surface area contributed by atoms with Crippen LogP contribution in [0.15, 0.2) is 42.6 Å². The van der Waals surface area contributed by atoms with Gasteiger partial charge in [-0.3, -0.25) is 9.69 Å². The summed E-state index contributed by atoms with van der Waals surface area (Å²) in [7, 11) is 0. The normalized spacial score (nSPS) is 15.1. The Bertz CT molecular complexity index is 733. The molecule has 1 fully saturated rings. The van der Waals surface area contributed by atoms with E-state index in [0.717, 1.165) is 32.0 Å². The number of halogens is 2. The lowest BCUT2D eigenvalue weighted by Crippen LogP contribution is -2.47. The van der Waals surface area contributed by atoms with Crippen molar-refractivity contribution in [3.05, 3.63) is 59.0 Å². The van der Waals surface area contributed by atoms with E-state index in [4.69, 9.17) is 11.6 Å². The lowest BCUT2D eigenvalue weighted by Gasteiger charge is -2.35. The van der Waals surface area contributed by atoms with Gasteiger partial charge in [-0.05, 0) is 18.2 Å². The van der Waals surface area contributed by atoms with Crippen molar-refractivity contribution in [3.8, 4) is 0 Å². The van der Waals surface area contributed by atoms with Gasteiger partial charge in [-0.2, -0.15) is 0 Å². The van der Waals surface area contributed by atoms with Crippen molar-refractivity contribution in [1.29, 1.82) is 0 Å². The van der Waals surface area contributed by atoms with E-state index < -0.39 is 0 Å². The molecule has 1 amide bonds. The molecule has 0 saturated carbocycles. The number of benzene rings is 1. The van der Waals surface area contributed by atoms with Gasteiger partial charge in [0.25, 0.3) is 0 Å². The predicted molar refractivity (Wildman–Crippen MR) is 101 cm³/mol. The summed E-state index contributed by atoms with van der Waals surface area (Å²) in [5, 5.41) is 3.41. The highest BCUT2D eigenvalue weighted by Gasteiger charge is 2.18. The van der Waals surface area contributed by atoms with Crippen LogP contribution < -0.4 is 10.2 Å². The maximum Gasteiger partial charge on any atom is 0.221 e. The zero-order valence-corrected chi connectivity index (χ0v) is 15.3. The Balaban J connectivity index is 1.37. The number of carbonyl (C=O) groups excluding carboxylic acids is 1. The number of anilines is 1. The average Bonchev–Trinajstić information content (AvgIpc) is 2.67. The Morgan fingerprint density at radius 1 is 1.15 bits per heavy atom. The van der Waals surface area contributed by atoms with Crippen molar-refractivity contribution < 1.29 is 9.18 Å². The Morgan fingerprint density at radius 2 is 1.92 bits per heavy atom. The van der Waals surface area contributed by atoms with Crippen LogP contribution in [-0.2, 0) is 11.3 Å². The Hall–Kier alpha value is -2.18. The van der Waals surface area contributed by atoms with Gasteiger partial charge in [0.1, 0.15) is 11.6 Å². The fraction of sp³-hybridized carbons (Fsp3) is 0.368. The number of amides is 1. The molecule has 0 spiro atoms. The highest BCUT2D eigenvalue weighted by atomic mass is 35.5. The third kappa shape index (κ3) is 5.16. The molecular weight excluding hydrogens is 355 g/mol. The van der Waals surface area contributed by atoms with Crippen LogP contribution >= 0.6 is 11.6 Å². The van der Waals surface area contributed by atoms with Gasteiger partial charge >= 0.3 is 0 Å². The van der Waals surface area contributed by atoms with E-state index in [1.807, 2.05) is 12.1 Å². The molecule has 138 valence electrons. The van der Waals surface area contributed by atoms with Crippen LogP contribution in [0.3, 0.4) is 0 Å². The summed E-state index contributed by atoms with van der Waals surface area (Å²) in [4.78, 5) is 20.8. The summed E-state index contributed by atoms with van der Waals surface area (Å²) in [6.45, 7) is 4.42. The van der Waals surface area contributed by atoms with Gasteiger partial charge in [-0.25, -0.2) is 9.37 Å². The third-order valence-corrected chi connectivity index (χ3v) is 4.72. The second-order valence-electron chi connectivity index (χ2n) is 6.28. The summed E-state index contributed by atoms with van der Waals surface area (Å²) in [6, 6.07) is 10.2. The van der Waals surface area contributed by atoms with E-state index in [0.29, 0.717) is 23.6 Å². The number of nitrogens with one attached hydrogen (secondary N) is 1. The maximum atomic E-state index is 13.5. The molecule has 1 N–H and O–H groups in total. The molecule has 1 saturated heterocycles. The second kappa shape index (κ2) is 8.96. The summed E-state index contributed by atoms with van der Waals surface area (Å²) in [5.74, 6) is 0.575. The van der Waals surface area contributed by atoms with Crippen LogP contribution in [0.1, 0.15) is 12.0 Å². The van der Waals surface area contributed by atoms with E-state index in [-0.39, 0.29) is 18.3 Å². The standard InChI is InChI=1S/C19H22ClFN4O/c20-16-5-6-18(22-14-16)25-11-9-24(10-12-25)8-7-19(26)23-13-15-3-1-2-4-17(15)21/h1-6,14H,7-13H2,(H,23,26). The van der Waals surface area contributed by atoms with Gasteiger partial charge < -0.3 is 10.2 Å². The molecule has 26 heavy (non-hydrogen) atoms. The minimum atomic E-state index is -0.292. The van der Waals surface area contributed by atoms with Gasteiger partial charge in [0.2, 0.25) is 5.91 Å². The smallest absolute Gasteiger partial charge is 0.221 e. The molecule has 0 radical (unpaired) electrons. The first-order chi connectivity index (χ1) is 12.6. The SMILES string of the molecule is O=C(CCN1CCN(c2ccc(Cl)cn2)CC1)NCc1ccccc1F. The zero-order valence-electron chi connectivity index (χ0n) is 14.5. The first-order valence-electron chi connectivity index (χ1n) is 8.71. The molecule has 0 bridgehead atoms. The van der Waals surface area contributed by atoms with E-state index in [1.54, 1.807) is 24.4 Å². The highest BCUT2D eigenvalue weighted by Crippen LogP contribution is 2.16. The number of hydrogen-bond donors (Lipinski definition) is 1. The molecule has 1 aromatic heterocycles. The lowest BCUT2D eigenvalue weighted by atomic mass is 10.2. The Morgan fingerprint density at radius 3 is 2.62 bits per heavy atom. The van der Waals surface area contributed by atoms with Gasteiger partial charge in [0.15, 0.2) is 0 Å². The number of nitrogens with zero attached hydrogens (tertiary/aromatic N) is 3. The van der Waals surface area contributed by atoms with Gasteiger partial charge in [-0.15, -0.1) is 0 Å². The van der Waals surface area contributed by atoms with Gasteiger partial charge in [0, 0.05) is 57.4 Å². The summed E-state index contributed by atoms with van der Waals surface area (Å²) >= 11 is 5.87. The van der Waals surface area contributed by atoms with E-state index >= 15 is 0 Å².